The molecule has 1 aromatic heterocycles. The largest absolute Gasteiger partial charge is 0.355 e. The van der Waals surface area contributed by atoms with Crippen LogP contribution in [0, 0.1) is 12.8 Å². The molecule has 5 heteroatoms. The minimum absolute atomic E-state index is 0.0485. The molecule has 1 amide bonds. The van der Waals surface area contributed by atoms with Gasteiger partial charge in [0.05, 0.1) is 12.2 Å². The molecule has 0 saturated heterocycles. The SMILES string of the molecule is Cc1[nH]ncc1CCCNC(=O)[C@H](N)CC(C)C. The number of amides is 1. The topological polar surface area (TPSA) is 83.8 Å². The number of carbonyl (C=O) groups excluding carboxylic acids is 1. The lowest BCUT2D eigenvalue weighted by Gasteiger charge is -2.13. The quantitative estimate of drug-likeness (QED) is 0.636. The van der Waals surface area contributed by atoms with Crippen molar-refractivity contribution in [1.29, 1.82) is 0 Å². The second kappa shape index (κ2) is 7.16. The predicted octanol–water partition coefficient (Wildman–Crippen LogP) is 1.14. The molecule has 0 aliphatic carbocycles. The molecule has 1 atom stereocenters. The average molecular weight is 252 g/mol. The van der Waals surface area contributed by atoms with Gasteiger partial charge in [0.1, 0.15) is 0 Å². The van der Waals surface area contributed by atoms with Crippen molar-refractivity contribution in [2.24, 2.45) is 11.7 Å². The first-order valence-electron chi connectivity index (χ1n) is 6.52. The average Bonchev–Trinajstić information content (AvgIpc) is 2.69. The normalized spacial score (nSPS) is 12.7. The van der Waals surface area contributed by atoms with Crippen LogP contribution in [-0.4, -0.2) is 28.7 Å². The summed E-state index contributed by atoms with van der Waals surface area (Å²) in [5.41, 5.74) is 8.09. The van der Waals surface area contributed by atoms with Crippen LogP contribution in [0.5, 0.6) is 0 Å². The van der Waals surface area contributed by atoms with E-state index in [0.717, 1.165) is 25.0 Å². The van der Waals surface area contributed by atoms with Gasteiger partial charge in [0, 0.05) is 12.2 Å². The fraction of sp³-hybridized carbons (Fsp3) is 0.692. The first-order chi connectivity index (χ1) is 8.50. The third-order valence-electron chi connectivity index (χ3n) is 2.92. The maximum absolute atomic E-state index is 11.7. The molecule has 1 heterocycles. The number of aromatic nitrogens is 2. The zero-order valence-corrected chi connectivity index (χ0v) is 11.5. The fourth-order valence-electron chi connectivity index (χ4n) is 1.86. The number of hydrogen-bond acceptors (Lipinski definition) is 3. The summed E-state index contributed by atoms with van der Waals surface area (Å²) in [7, 11) is 0. The Morgan fingerprint density at radius 2 is 2.28 bits per heavy atom. The number of aromatic amines is 1. The number of nitrogens with one attached hydrogen (secondary N) is 2. The van der Waals surface area contributed by atoms with Crippen LogP contribution >= 0.6 is 0 Å². The predicted molar refractivity (Wildman–Crippen MR) is 72.1 cm³/mol. The number of rotatable bonds is 7. The molecule has 0 bridgehead atoms. The molecular formula is C13H24N4O. The van der Waals surface area contributed by atoms with Crippen LogP contribution in [0.4, 0.5) is 0 Å². The third-order valence-corrected chi connectivity index (χ3v) is 2.92. The van der Waals surface area contributed by atoms with Gasteiger partial charge in [0.2, 0.25) is 5.91 Å². The van der Waals surface area contributed by atoms with Crippen LogP contribution in [-0.2, 0) is 11.2 Å². The Labute approximate surface area is 109 Å². The first kappa shape index (κ1) is 14.7. The lowest BCUT2D eigenvalue weighted by atomic mass is 10.0. The van der Waals surface area contributed by atoms with E-state index < -0.39 is 0 Å². The lowest BCUT2D eigenvalue weighted by molar-refractivity contribution is -0.122. The summed E-state index contributed by atoms with van der Waals surface area (Å²) >= 11 is 0. The van der Waals surface area contributed by atoms with E-state index in [0.29, 0.717) is 12.5 Å². The van der Waals surface area contributed by atoms with Crippen LogP contribution in [0.2, 0.25) is 0 Å². The molecule has 0 aromatic carbocycles. The number of nitrogens with two attached hydrogens (primary N) is 1. The van der Waals surface area contributed by atoms with Crippen LogP contribution in [0.1, 0.15) is 37.9 Å². The van der Waals surface area contributed by atoms with Crippen LogP contribution < -0.4 is 11.1 Å². The van der Waals surface area contributed by atoms with Crippen molar-refractivity contribution in [2.75, 3.05) is 6.54 Å². The Morgan fingerprint density at radius 1 is 1.56 bits per heavy atom. The molecule has 0 aliphatic heterocycles. The Kier molecular flexibility index (Phi) is 5.85. The monoisotopic (exact) mass is 252 g/mol. The number of H-pyrrole nitrogens is 1. The van der Waals surface area contributed by atoms with E-state index in [4.69, 9.17) is 5.73 Å². The smallest absolute Gasteiger partial charge is 0.236 e. The molecule has 0 unspecified atom stereocenters. The van der Waals surface area contributed by atoms with E-state index in [1.54, 1.807) is 0 Å². The molecule has 18 heavy (non-hydrogen) atoms. The van der Waals surface area contributed by atoms with Gasteiger partial charge in [-0.1, -0.05) is 13.8 Å². The van der Waals surface area contributed by atoms with Gasteiger partial charge in [0.25, 0.3) is 0 Å². The van der Waals surface area contributed by atoms with Crippen molar-refractivity contribution in [2.45, 2.75) is 46.1 Å². The number of hydrogen-bond donors (Lipinski definition) is 3. The van der Waals surface area contributed by atoms with Gasteiger partial charge in [-0.25, -0.2) is 0 Å². The summed E-state index contributed by atoms with van der Waals surface area (Å²) in [5, 5.41) is 9.74. The molecule has 1 rings (SSSR count). The van der Waals surface area contributed by atoms with Crippen molar-refractivity contribution in [3.05, 3.63) is 17.5 Å². The zero-order valence-electron chi connectivity index (χ0n) is 11.5. The molecule has 0 spiro atoms. The molecule has 4 N–H and O–H groups in total. The van der Waals surface area contributed by atoms with E-state index >= 15 is 0 Å². The van der Waals surface area contributed by atoms with E-state index in [1.165, 1.54) is 5.56 Å². The van der Waals surface area contributed by atoms with Crippen LogP contribution in [0.15, 0.2) is 6.20 Å². The summed E-state index contributed by atoms with van der Waals surface area (Å²) in [4.78, 5) is 11.7. The summed E-state index contributed by atoms with van der Waals surface area (Å²) in [6.07, 6.45) is 4.39. The molecule has 5 nitrogen and oxygen atoms in total. The highest BCUT2D eigenvalue weighted by molar-refractivity contribution is 5.81. The summed E-state index contributed by atoms with van der Waals surface area (Å²) in [5.74, 6) is 0.395. The highest BCUT2D eigenvalue weighted by atomic mass is 16.2. The Hall–Kier alpha value is -1.36. The second-order valence-corrected chi connectivity index (χ2v) is 5.15. The van der Waals surface area contributed by atoms with Crippen molar-refractivity contribution < 1.29 is 4.79 Å². The maximum Gasteiger partial charge on any atom is 0.236 e. The molecule has 0 saturated carbocycles. The van der Waals surface area contributed by atoms with E-state index in [-0.39, 0.29) is 11.9 Å². The minimum atomic E-state index is -0.388. The minimum Gasteiger partial charge on any atom is -0.355 e. The Morgan fingerprint density at radius 3 is 2.83 bits per heavy atom. The van der Waals surface area contributed by atoms with E-state index in [2.05, 4.69) is 29.4 Å². The highest BCUT2D eigenvalue weighted by Gasteiger charge is 2.13. The van der Waals surface area contributed by atoms with Crippen molar-refractivity contribution in [3.63, 3.8) is 0 Å². The highest BCUT2D eigenvalue weighted by Crippen LogP contribution is 2.05. The van der Waals surface area contributed by atoms with E-state index in [9.17, 15) is 4.79 Å². The second-order valence-electron chi connectivity index (χ2n) is 5.15. The van der Waals surface area contributed by atoms with Crippen molar-refractivity contribution >= 4 is 5.91 Å². The number of nitrogens with zero attached hydrogens (tertiary/aromatic N) is 1. The van der Waals surface area contributed by atoms with Gasteiger partial charge < -0.3 is 11.1 Å². The molecule has 1 aromatic rings. The van der Waals surface area contributed by atoms with Crippen molar-refractivity contribution in [1.82, 2.24) is 15.5 Å². The maximum atomic E-state index is 11.7. The van der Waals surface area contributed by atoms with E-state index in [1.807, 2.05) is 13.1 Å². The van der Waals surface area contributed by atoms with Gasteiger partial charge in [-0.15, -0.1) is 0 Å². The van der Waals surface area contributed by atoms with Crippen LogP contribution in [0.3, 0.4) is 0 Å². The van der Waals surface area contributed by atoms with Gasteiger partial charge in [-0.3, -0.25) is 9.89 Å². The van der Waals surface area contributed by atoms with Gasteiger partial charge in [-0.05, 0) is 37.7 Å². The standard InChI is InChI=1S/C13H24N4O/c1-9(2)7-12(14)13(18)15-6-4-5-11-8-16-17-10(11)3/h8-9,12H,4-7,14H2,1-3H3,(H,15,18)(H,16,17)/t12-/m1/s1. The Balaban J connectivity index is 2.18. The van der Waals surface area contributed by atoms with Crippen LogP contribution in [0.25, 0.3) is 0 Å². The molecule has 0 aliphatic rings. The Bertz CT molecular complexity index is 373. The van der Waals surface area contributed by atoms with Crippen molar-refractivity contribution in [3.8, 4) is 0 Å². The molecule has 0 fully saturated rings. The fourth-order valence-corrected chi connectivity index (χ4v) is 1.86. The van der Waals surface area contributed by atoms with Gasteiger partial charge in [-0.2, -0.15) is 5.10 Å². The zero-order chi connectivity index (χ0) is 13.5. The molecule has 102 valence electrons. The first-order valence-corrected chi connectivity index (χ1v) is 6.52. The van der Waals surface area contributed by atoms with Gasteiger partial charge in [0.15, 0.2) is 0 Å². The van der Waals surface area contributed by atoms with Gasteiger partial charge >= 0.3 is 0 Å². The third kappa shape index (κ3) is 4.87. The number of carbonyl (C=O) groups is 1. The summed E-state index contributed by atoms with van der Waals surface area (Å²) in [6.45, 7) is 6.79. The summed E-state index contributed by atoms with van der Waals surface area (Å²) in [6, 6.07) is -0.388. The molecule has 0 radical (unpaired) electrons. The molecular weight excluding hydrogens is 228 g/mol. The number of aryl methyl sites for hydroxylation is 2. The lowest BCUT2D eigenvalue weighted by Crippen LogP contribution is -2.41. The summed E-state index contributed by atoms with van der Waals surface area (Å²) < 4.78 is 0.